The van der Waals surface area contributed by atoms with E-state index in [4.69, 9.17) is 9.90 Å². The van der Waals surface area contributed by atoms with Crippen molar-refractivity contribution in [3.05, 3.63) is 29.0 Å². The topological polar surface area (TPSA) is 134 Å². The normalized spacial score (nSPS) is 16.2. The molecule has 1 atom stereocenters. The number of carbonyl (C=O) groups is 2. The number of carboxylic acids is 1. The quantitative estimate of drug-likeness (QED) is 0.371. The van der Waals surface area contributed by atoms with Crippen LogP contribution >= 0.6 is 11.3 Å². The molecule has 0 aliphatic carbocycles. The first kappa shape index (κ1) is 27.1. The number of anilines is 2. The zero-order valence-electron chi connectivity index (χ0n) is 18.4. The summed E-state index contributed by atoms with van der Waals surface area (Å²) in [7, 11) is 1.36. The van der Waals surface area contributed by atoms with E-state index in [-0.39, 0.29) is 11.6 Å². The fraction of sp³-hybridized carbons (Fsp3) is 0.421. The highest BCUT2D eigenvalue weighted by Crippen LogP contribution is 2.34. The van der Waals surface area contributed by atoms with Gasteiger partial charge in [-0.2, -0.15) is 31.4 Å². The van der Waals surface area contributed by atoms with Gasteiger partial charge in [-0.15, -0.1) is 11.3 Å². The van der Waals surface area contributed by atoms with Crippen LogP contribution in [0.1, 0.15) is 28.9 Å². The van der Waals surface area contributed by atoms with Crippen molar-refractivity contribution in [3.63, 3.8) is 0 Å². The van der Waals surface area contributed by atoms with Crippen LogP contribution in [0.4, 0.5) is 37.8 Å². The number of fused-ring (bicyclic) bond motifs is 1. The Hall–Kier alpha value is -3.47. The van der Waals surface area contributed by atoms with Gasteiger partial charge in [-0.1, -0.05) is 0 Å². The Morgan fingerprint density at radius 1 is 1.25 bits per heavy atom. The Morgan fingerprint density at radius 2 is 1.94 bits per heavy atom. The monoisotopic (exact) mass is 539 g/mol. The van der Waals surface area contributed by atoms with Crippen LogP contribution in [0, 0.1) is 0 Å². The summed E-state index contributed by atoms with van der Waals surface area (Å²) in [6, 6.07) is 0.205. The Balaban J connectivity index is 0.000000454. The number of hydrogen-bond acceptors (Lipinski definition) is 8. The number of aromatic nitrogens is 4. The number of aryl methyl sites for hydroxylation is 1. The molecule has 1 fully saturated rings. The molecule has 0 unspecified atom stereocenters. The number of amides is 1. The number of nitrogens with zero attached hydrogens (tertiary/aromatic N) is 4. The van der Waals surface area contributed by atoms with Gasteiger partial charge in [0.1, 0.15) is 16.2 Å². The smallest absolute Gasteiger partial charge is 0.475 e. The molecule has 196 valence electrons. The molecule has 36 heavy (non-hydrogen) atoms. The number of rotatable bonds is 4. The Kier molecular flexibility index (Phi) is 8.02. The van der Waals surface area contributed by atoms with Crippen molar-refractivity contribution in [2.24, 2.45) is 7.05 Å². The third-order valence-corrected chi connectivity index (χ3v) is 5.64. The SMILES string of the molecule is Cn1cc(NC(=O)c2csc3ncc(N[C@@H]4CCCNC4)nc23)c(C(F)(F)F)n1.O=C(O)C(F)(F)F. The predicted molar refractivity (Wildman–Crippen MR) is 117 cm³/mol. The Bertz CT molecular complexity index is 1230. The molecule has 4 N–H and O–H groups in total. The molecule has 10 nitrogen and oxygen atoms in total. The number of nitrogens with one attached hydrogen (secondary N) is 3. The number of alkyl halides is 6. The van der Waals surface area contributed by atoms with Gasteiger partial charge in [0.2, 0.25) is 0 Å². The van der Waals surface area contributed by atoms with Crippen molar-refractivity contribution in [1.29, 1.82) is 0 Å². The number of hydrogen-bond donors (Lipinski definition) is 4. The molecule has 1 amide bonds. The third kappa shape index (κ3) is 6.81. The second-order valence-electron chi connectivity index (χ2n) is 7.57. The van der Waals surface area contributed by atoms with E-state index in [0.29, 0.717) is 16.2 Å². The molecule has 3 aromatic heterocycles. The van der Waals surface area contributed by atoms with Crippen molar-refractivity contribution in [3.8, 4) is 0 Å². The largest absolute Gasteiger partial charge is 0.490 e. The van der Waals surface area contributed by atoms with Crippen molar-refractivity contribution in [2.75, 3.05) is 23.7 Å². The van der Waals surface area contributed by atoms with E-state index in [1.165, 1.54) is 23.8 Å². The summed E-state index contributed by atoms with van der Waals surface area (Å²) < 4.78 is 72.1. The molecule has 1 aliphatic rings. The van der Waals surface area contributed by atoms with Crippen LogP contribution in [0.5, 0.6) is 0 Å². The summed E-state index contributed by atoms with van der Waals surface area (Å²) in [5.41, 5.74) is -1.04. The highest BCUT2D eigenvalue weighted by atomic mass is 32.1. The number of aliphatic carboxylic acids is 1. The summed E-state index contributed by atoms with van der Waals surface area (Å²) in [6.45, 7) is 1.78. The first-order chi connectivity index (χ1) is 16.8. The molecule has 4 rings (SSSR count). The van der Waals surface area contributed by atoms with E-state index in [0.717, 1.165) is 36.8 Å². The van der Waals surface area contributed by atoms with Gasteiger partial charge >= 0.3 is 18.3 Å². The molecule has 4 heterocycles. The van der Waals surface area contributed by atoms with Crippen molar-refractivity contribution >= 4 is 45.1 Å². The molecule has 17 heteroatoms. The lowest BCUT2D eigenvalue weighted by molar-refractivity contribution is -0.192. The van der Waals surface area contributed by atoms with Crippen LogP contribution in [0.2, 0.25) is 0 Å². The highest BCUT2D eigenvalue weighted by Gasteiger charge is 2.38. The first-order valence-corrected chi connectivity index (χ1v) is 11.1. The van der Waals surface area contributed by atoms with Gasteiger partial charge < -0.3 is 21.1 Å². The number of halogens is 6. The highest BCUT2D eigenvalue weighted by molar-refractivity contribution is 7.17. The molecular weight excluding hydrogens is 520 g/mol. The van der Waals surface area contributed by atoms with E-state index in [9.17, 15) is 31.1 Å². The van der Waals surface area contributed by atoms with E-state index >= 15 is 0 Å². The molecule has 0 radical (unpaired) electrons. The minimum absolute atomic E-state index is 0.167. The third-order valence-electron chi connectivity index (χ3n) is 4.76. The molecule has 1 saturated heterocycles. The molecule has 0 spiro atoms. The lowest BCUT2D eigenvalue weighted by Crippen LogP contribution is -2.38. The minimum Gasteiger partial charge on any atom is -0.475 e. The number of carboxylic acid groups (broad SMARTS) is 1. The zero-order chi connectivity index (χ0) is 26.7. The Morgan fingerprint density at radius 3 is 2.53 bits per heavy atom. The maximum absolute atomic E-state index is 13.1. The number of thiophene rings is 1. The second-order valence-corrected chi connectivity index (χ2v) is 8.42. The summed E-state index contributed by atoms with van der Waals surface area (Å²) >= 11 is 1.20. The van der Waals surface area contributed by atoms with Crippen LogP contribution in [0.15, 0.2) is 17.8 Å². The number of carbonyl (C=O) groups excluding carboxylic acids is 1. The summed E-state index contributed by atoms with van der Waals surface area (Å²) in [5, 5.41) is 20.9. The minimum atomic E-state index is -5.08. The second kappa shape index (κ2) is 10.7. The Labute approximate surface area is 202 Å². The predicted octanol–water partition coefficient (Wildman–Crippen LogP) is 3.49. The van der Waals surface area contributed by atoms with Gasteiger partial charge in [0.25, 0.3) is 5.91 Å². The van der Waals surface area contributed by atoms with Crippen LogP contribution in [-0.2, 0) is 18.0 Å². The van der Waals surface area contributed by atoms with Crippen LogP contribution in [0.25, 0.3) is 10.3 Å². The summed E-state index contributed by atoms with van der Waals surface area (Å²) in [4.78, 5) is 30.9. The lowest BCUT2D eigenvalue weighted by Gasteiger charge is -2.24. The van der Waals surface area contributed by atoms with Gasteiger partial charge in [-0.25, -0.2) is 14.8 Å². The molecule has 0 aromatic carbocycles. The van der Waals surface area contributed by atoms with Gasteiger partial charge in [0.15, 0.2) is 5.69 Å². The molecule has 1 aliphatic heterocycles. The average Bonchev–Trinajstić information content (AvgIpc) is 3.37. The van der Waals surface area contributed by atoms with E-state index in [1.807, 2.05) is 0 Å². The fourth-order valence-electron chi connectivity index (χ4n) is 3.20. The lowest BCUT2D eigenvalue weighted by atomic mass is 10.1. The standard InChI is InChI=1S/C17H18F3N7OS.C2HF3O2/c1-27-7-11(14(26-27)17(18,19)20)24-15(28)10-8-29-16-13(10)25-12(6-22-16)23-9-3-2-4-21-5-9;3-2(4,5)1(6)7/h6-9,21H,2-5H2,1H3,(H,23,25)(H,24,28);(H,6,7)/t9-;/m1./s1. The van der Waals surface area contributed by atoms with Gasteiger partial charge in [-0.3, -0.25) is 9.48 Å². The fourth-order valence-corrected chi connectivity index (χ4v) is 4.03. The molecular formula is C19H19F6N7O3S. The summed E-state index contributed by atoms with van der Waals surface area (Å²) in [6.07, 6.45) is -5.01. The van der Waals surface area contributed by atoms with Gasteiger partial charge in [-0.05, 0) is 19.4 Å². The van der Waals surface area contributed by atoms with E-state index in [1.54, 1.807) is 6.20 Å². The molecule has 3 aromatic rings. The van der Waals surface area contributed by atoms with Crippen LogP contribution < -0.4 is 16.0 Å². The van der Waals surface area contributed by atoms with E-state index < -0.39 is 35.6 Å². The maximum Gasteiger partial charge on any atom is 0.490 e. The first-order valence-electron chi connectivity index (χ1n) is 10.2. The van der Waals surface area contributed by atoms with Crippen molar-refractivity contribution < 1.29 is 41.0 Å². The maximum atomic E-state index is 13.1. The van der Waals surface area contributed by atoms with Crippen molar-refractivity contribution in [1.82, 2.24) is 25.1 Å². The number of piperidine rings is 1. The molecule has 0 saturated carbocycles. The van der Waals surface area contributed by atoms with Gasteiger partial charge in [0, 0.05) is 31.2 Å². The zero-order valence-corrected chi connectivity index (χ0v) is 19.2. The van der Waals surface area contributed by atoms with Gasteiger partial charge in [0.05, 0.1) is 17.4 Å². The van der Waals surface area contributed by atoms with Crippen LogP contribution in [0.3, 0.4) is 0 Å². The van der Waals surface area contributed by atoms with Crippen molar-refractivity contribution in [2.45, 2.75) is 31.2 Å². The average molecular weight is 539 g/mol. The summed E-state index contributed by atoms with van der Waals surface area (Å²) in [5.74, 6) is -2.93. The molecule has 0 bridgehead atoms. The van der Waals surface area contributed by atoms with E-state index in [2.05, 4.69) is 31.0 Å². The van der Waals surface area contributed by atoms with Crippen LogP contribution in [-0.4, -0.2) is 62.0 Å².